The lowest BCUT2D eigenvalue weighted by Crippen LogP contribution is -2.14. The van der Waals surface area contributed by atoms with Crippen molar-refractivity contribution >= 4 is 45.9 Å². The van der Waals surface area contributed by atoms with Gasteiger partial charge >= 0.3 is 6.09 Å². The molecule has 2 aromatic rings. The van der Waals surface area contributed by atoms with Crippen LogP contribution in [0.15, 0.2) is 24.3 Å². The van der Waals surface area contributed by atoms with E-state index in [2.05, 4.69) is 32.3 Å². The Hall–Kier alpha value is -1.22. The fraction of sp³-hybridized carbons (Fsp3) is 0.167. The van der Waals surface area contributed by atoms with Crippen LogP contribution in [-0.2, 0) is 11.3 Å². The van der Waals surface area contributed by atoms with E-state index in [1.807, 2.05) is 0 Å². The summed E-state index contributed by atoms with van der Waals surface area (Å²) in [5.41, 5.74) is 1.72. The number of nitrogens with one attached hydrogen (secondary N) is 1. The molecule has 0 saturated heterocycles. The second kappa shape index (κ2) is 6.29. The van der Waals surface area contributed by atoms with Gasteiger partial charge in [-0.25, -0.2) is 9.18 Å². The largest absolute Gasteiger partial charge is 0.444 e. The summed E-state index contributed by atoms with van der Waals surface area (Å²) in [6.07, 6.45) is -0.621. The topological polar surface area (TPSA) is 51.2 Å². The molecule has 1 amide bonds. The van der Waals surface area contributed by atoms with Gasteiger partial charge in [-0.05, 0) is 47.1 Å². The second-order valence-electron chi connectivity index (χ2n) is 3.71. The molecule has 0 bridgehead atoms. The molecule has 19 heavy (non-hydrogen) atoms. The SMILES string of the molecule is Cc1nsc(I)c1NC(=O)OCc1ccccc1F. The van der Waals surface area contributed by atoms with Gasteiger partial charge in [-0.2, -0.15) is 4.37 Å². The average molecular weight is 392 g/mol. The van der Waals surface area contributed by atoms with Gasteiger partial charge in [0, 0.05) is 5.56 Å². The Labute approximate surface area is 127 Å². The standard InChI is InChI=1S/C12H10FIN2O2S/c1-7-10(11(14)19-16-7)15-12(17)18-6-8-4-2-3-5-9(8)13/h2-5H,6H2,1H3,(H,15,17). The van der Waals surface area contributed by atoms with Gasteiger partial charge < -0.3 is 4.74 Å². The lowest BCUT2D eigenvalue weighted by atomic mass is 10.2. The van der Waals surface area contributed by atoms with E-state index in [-0.39, 0.29) is 6.61 Å². The number of halogens is 2. The Morgan fingerprint density at radius 2 is 2.26 bits per heavy atom. The third-order valence-electron chi connectivity index (χ3n) is 2.36. The van der Waals surface area contributed by atoms with Crippen molar-refractivity contribution < 1.29 is 13.9 Å². The van der Waals surface area contributed by atoms with Crippen LogP contribution < -0.4 is 5.32 Å². The summed E-state index contributed by atoms with van der Waals surface area (Å²) >= 11 is 3.38. The summed E-state index contributed by atoms with van der Waals surface area (Å²) in [6.45, 7) is 1.69. The molecule has 100 valence electrons. The summed E-state index contributed by atoms with van der Waals surface area (Å²) in [7, 11) is 0. The Morgan fingerprint density at radius 3 is 2.89 bits per heavy atom. The van der Waals surface area contributed by atoms with E-state index in [0.717, 1.165) is 8.58 Å². The number of benzene rings is 1. The highest BCUT2D eigenvalue weighted by atomic mass is 127. The van der Waals surface area contributed by atoms with Crippen LogP contribution in [0.4, 0.5) is 14.9 Å². The number of hydrogen-bond acceptors (Lipinski definition) is 4. The number of amides is 1. The molecule has 0 saturated carbocycles. The highest BCUT2D eigenvalue weighted by Gasteiger charge is 2.13. The molecule has 0 aliphatic heterocycles. The van der Waals surface area contributed by atoms with Crippen LogP contribution in [0.25, 0.3) is 0 Å². The van der Waals surface area contributed by atoms with Gasteiger partial charge in [0.2, 0.25) is 0 Å². The number of carbonyl (C=O) groups is 1. The minimum atomic E-state index is -0.621. The Morgan fingerprint density at radius 1 is 1.53 bits per heavy atom. The van der Waals surface area contributed by atoms with Crippen LogP contribution in [0, 0.1) is 15.6 Å². The number of aromatic nitrogens is 1. The van der Waals surface area contributed by atoms with Crippen LogP contribution >= 0.6 is 34.1 Å². The molecule has 1 N–H and O–H groups in total. The summed E-state index contributed by atoms with van der Waals surface area (Å²) in [5.74, 6) is -0.390. The molecule has 0 radical (unpaired) electrons. The van der Waals surface area contributed by atoms with E-state index >= 15 is 0 Å². The monoisotopic (exact) mass is 392 g/mol. The van der Waals surface area contributed by atoms with Crippen molar-refractivity contribution in [1.82, 2.24) is 4.37 Å². The smallest absolute Gasteiger partial charge is 0.412 e. The minimum Gasteiger partial charge on any atom is -0.444 e. The van der Waals surface area contributed by atoms with Gasteiger partial charge in [0.25, 0.3) is 0 Å². The summed E-state index contributed by atoms with van der Waals surface area (Å²) in [4.78, 5) is 11.6. The Balaban J connectivity index is 1.94. The number of nitrogens with zero attached hydrogens (tertiary/aromatic N) is 1. The molecule has 4 nitrogen and oxygen atoms in total. The first-order chi connectivity index (χ1) is 9.08. The van der Waals surface area contributed by atoms with Crippen LogP contribution in [0.1, 0.15) is 11.3 Å². The molecule has 2 rings (SSSR count). The second-order valence-corrected chi connectivity index (χ2v) is 6.29. The Bertz CT molecular complexity index is 584. The first-order valence-corrected chi connectivity index (χ1v) is 7.22. The zero-order valence-electron chi connectivity index (χ0n) is 9.94. The van der Waals surface area contributed by atoms with E-state index in [1.54, 1.807) is 25.1 Å². The van der Waals surface area contributed by atoms with Gasteiger partial charge in [0.05, 0.1) is 11.4 Å². The van der Waals surface area contributed by atoms with Crippen molar-refractivity contribution in [3.05, 3.63) is 44.2 Å². The first kappa shape index (κ1) is 14.2. The van der Waals surface area contributed by atoms with Crippen molar-refractivity contribution in [2.24, 2.45) is 0 Å². The van der Waals surface area contributed by atoms with E-state index in [0.29, 0.717) is 11.3 Å². The van der Waals surface area contributed by atoms with Crippen LogP contribution in [0.3, 0.4) is 0 Å². The average Bonchev–Trinajstić information content (AvgIpc) is 2.70. The maximum absolute atomic E-state index is 13.3. The molecule has 0 aliphatic rings. The van der Waals surface area contributed by atoms with E-state index in [4.69, 9.17) is 4.74 Å². The Kier molecular flexibility index (Phi) is 4.70. The van der Waals surface area contributed by atoms with Crippen LogP contribution in [0.2, 0.25) is 0 Å². The van der Waals surface area contributed by atoms with Crippen molar-refractivity contribution in [3.63, 3.8) is 0 Å². The molecular weight excluding hydrogens is 382 g/mol. The molecule has 0 aliphatic carbocycles. The number of ether oxygens (including phenoxy) is 1. The number of aryl methyl sites for hydroxylation is 1. The first-order valence-electron chi connectivity index (χ1n) is 5.37. The van der Waals surface area contributed by atoms with Gasteiger partial charge in [0.15, 0.2) is 0 Å². The number of anilines is 1. The van der Waals surface area contributed by atoms with Gasteiger partial charge in [0.1, 0.15) is 15.3 Å². The third kappa shape index (κ3) is 3.63. The molecule has 1 heterocycles. The molecule has 0 atom stereocenters. The van der Waals surface area contributed by atoms with Crippen molar-refractivity contribution in [3.8, 4) is 0 Å². The zero-order chi connectivity index (χ0) is 13.8. The van der Waals surface area contributed by atoms with E-state index < -0.39 is 11.9 Å². The van der Waals surface area contributed by atoms with Gasteiger partial charge in [-0.3, -0.25) is 5.32 Å². The highest BCUT2D eigenvalue weighted by molar-refractivity contribution is 14.1. The van der Waals surface area contributed by atoms with Crippen molar-refractivity contribution in [2.45, 2.75) is 13.5 Å². The molecule has 0 unspecified atom stereocenters. The number of rotatable bonds is 3. The molecule has 0 spiro atoms. The van der Waals surface area contributed by atoms with E-state index in [9.17, 15) is 9.18 Å². The molecule has 0 fully saturated rings. The summed E-state index contributed by atoms with van der Waals surface area (Å²) < 4.78 is 23.3. The third-order valence-corrected chi connectivity index (χ3v) is 4.22. The highest BCUT2D eigenvalue weighted by Crippen LogP contribution is 2.25. The van der Waals surface area contributed by atoms with Crippen molar-refractivity contribution in [1.29, 1.82) is 0 Å². The van der Waals surface area contributed by atoms with Gasteiger partial charge in [-0.15, -0.1) is 0 Å². The van der Waals surface area contributed by atoms with Crippen LogP contribution in [-0.4, -0.2) is 10.5 Å². The fourth-order valence-electron chi connectivity index (χ4n) is 1.38. The van der Waals surface area contributed by atoms with Crippen LogP contribution in [0.5, 0.6) is 0 Å². The lowest BCUT2D eigenvalue weighted by molar-refractivity contribution is 0.153. The maximum Gasteiger partial charge on any atom is 0.412 e. The van der Waals surface area contributed by atoms with E-state index in [1.165, 1.54) is 17.6 Å². The predicted molar refractivity (Wildman–Crippen MR) is 79.8 cm³/mol. The number of hydrogen-bond donors (Lipinski definition) is 1. The zero-order valence-corrected chi connectivity index (χ0v) is 12.9. The summed E-state index contributed by atoms with van der Waals surface area (Å²) in [6, 6.07) is 6.17. The predicted octanol–water partition coefficient (Wildman–Crippen LogP) is 3.94. The quantitative estimate of drug-likeness (QED) is 0.806. The molecular formula is C12H10FIN2O2S. The maximum atomic E-state index is 13.3. The fourth-order valence-corrected chi connectivity index (χ4v) is 2.80. The number of carbonyl (C=O) groups excluding carboxylic acids is 1. The van der Waals surface area contributed by atoms with Crippen molar-refractivity contribution in [2.75, 3.05) is 5.32 Å². The summed E-state index contributed by atoms with van der Waals surface area (Å²) in [5, 5.41) is 2.61. The molecule has 1 aromatic carbocycles. The lowest BCUT2D eigenvalue weighted by Gasteiger charge is -2.07. The minimum absolute atomic E-state index is 0.105. The normalized spacial score (nSPS) is 10.3. The molecule has 1 aromatic heterocycles. The van der Waals surface area contributed by atoms with Gasteiger partial charge in [-0.1, -0.05) is 18.2 Å². The molecule has 7 heteroatoms.